The van der Waals surface area contributed by atoms with Gasteiger partial charge in [-0.15, -0.1) is 0 Å². The van der Waals surface area contributed by atoms with Crippen LogP contribution in [0.5, 0.6) is 0 Å². The van der Waals surface area contributed by atoms with E-state index in [9.17, 15) is 27.9 Å². The van der Waals surface area contributed by atoms with E-state index in [2.05, 4.69) is 0 Å². The molecule has 2 N–H and O–H groups in total. The monoisotopic (exact) mass is 312 g/mol. The van der Waals surface area contributed by atoms with Crippen molar-refractivity contribution in [1.29, 1.82) is 0 Å². The number of likely N-dealkylation sites (tertiary alicyclic amines) is 1. The summed E-state index contributed by atoms with van der Waals surface area (Å²) in [6.45, 7) is 4.93. The molecule has 0 bridgehead atoms. The van der Waals surface area contributed by atoms with Crippen molar-refractivity contribution >= 4 is 12.0 Å². The number of nitrogens with one attached hydrogen (secondary N) is 1. The van der Waals surface area contributed by atoms with Gasteiger partial charge in [0.05, 0.1) is 18.7 Å². The number of aliphatic hydroxyl groups excluding tert-OH is 1. The van der Waals surface area contributed by atoms with E-state index in [0.717, 1.165) is 0 Å². The van der Waals surface area contributed by atoms with E-state index in [-0.39, 0.29) is 19.5 Å². The Morgan fingerprint density at radius 2 is 1.86 bits per heavy atom. The first-order chi connectivity index (χ1) is 9.40. The van der Waals surface area contributed by atoms with Crippen molar-refractivity contribution < 1.29 is 32.6 Å². The molecular formula is C12H19F3N2O4. The topological polar surface area (TPSA) is 78.9 Å². The second kappa shape index (κ2) is 6.08. The van der Waals surface area contributed by atoms with Gasteiger partial charge in [0, 0.05) is 6.54 Å². The van der Waals surface area contributed by atoms with Gasteiger partial charge in [0.1, 0.15) is 5.60 Å². The van der Waals surface area contributed by atoms with Gasteiger partial charge in [0.2, 0.25) is 0 Å². The van der Waals surface area contributed by atoms with E-state index in [4.69, 9.17) is 4.74 Å². The normalized spacial score (nSPS) is 23.7. The number of aliphatic hydroxyl groups is 1. The predicted molar refractivity (Wildman–Crippen MR) is 66.4 cm³/mol. The van der Waals surface area contributed by atoms with Gasteiger partial charge in [-0.2, -0.15) is 13.2 Å². The smallest absolute Gasteiger partial charge is 0.444 e. The zero-order valence-corrected chi connectivity index (χ0v) is 12.0. The number of carbonyl (C=O) groups excluding carboxylic acids is 2. The molecule has 1 saturated heterocycles. The lowest BCUT2D eigenvalue weighted by molar-refractivity contribution is -0.175. The number of β-amino-alcohol motifs (C(OH)–C–C–N with tert-alkyl or cyclic N) is 1. The second-order valence-corrected chi connectivity index (χ2v) is 5.86. The van der Waals surface area contributed by atoms with Gasteiger partial charge in [-0.25, -0.2) is 4.79 Å². The number of ether oxygens (including phenoxy) is 1. The van der Waals surface area contributed by atoms with Gasteiger partial charge < -0.3 is 20.1 Å². The maximum atomic E-state index is 12.1. The van der Waals surface area contributed by atoms with E-state index in [1.165, 1.54) is 4.90 Å². The summed E-state index contributed by atoms with van der Waals surface area (Å²) in [7, 11) is 0. The Labute approximate surface area is 120 Å². The SMILES string of the molecule is CC(C)(C)OC(=O)N1CCC(NC(=O)C(F)(F)F)C(O)C1. The maximum absolute atomic E-state index is 12.1. The summed E-state index contributed by atoms with van der Waals surface area (Å²) in [5.74, 6) is -2.10. The summed E-state index contributed by atoms with van der Waals surface area (Å²) < 4.78 is 41.5. The van der Waals surface area contributed by atoms with Crippen LogP contribution in [0.3, 0.4) is 0 Å². The Bertz CT molecular complexity index is 406. The first-order valence-corrected chi connectivity index (χ1v) is 6.44. The predicted octanol–water partition coefficient (Wildman–Crippen LogP) is 1.04. The van der Waals surface area contributed by atoms with Crippen LogP contribution >= 0.6 is 0 Å². The maximum Gasteiger partial charge on any atom is 0.471 e. The molecule has 2 atom stereocenters. The minimum Gasteiger partial charge on any atom is -0.444 e. The lowest BCUT2D eigenvalue weighted by Gasteiger charge is -2.36. The van der Waals surface area contributed by atoms with Crippen molar-refractivity contribution in [2.45, 2.75) is 51.1 Å². The van der Waals surface area contributed by atoms with Crippen LogP contribution in [-0.2, 0) is 9.53 Å². The number of nitrogens with zero attached hydrogens (tertiary/aromatic N) is 1. The van der Waals surface area contributed by atoms with Gasteiger partial charge in [-0.05, 0) is 27.2 Å². The highest BCUT2D eigenvalue weighted by atomic mass is 19.4. The summed E-state index contributed by atoms with van der Waals surface area (Å²) in [4.78, 5) is 23.8. The van der Waals surface area contributed by atoms with Crippen LogP contribution in [0.2, 0.25) is 0 Å². The molecule has 2 unspecified atom stereocenters. The molecule has 0 aromatic heterocycles. The molecule has 0 radical (unpaired) electrons. The summed E-state index contributed by atoms with van der Waals surface area (Å²) in [5, 5.41) is 11.5. The largest absolute Gasteiger partial charge is 0.471 e. The van der Waals surface area contributed by atoms with E-state index in [0.29, 0.717) is 0 Å². The summed E-state index contributed by atoms with van der Waals surface area (Å²) in [6, 6.07) is -1.04. The fourth-order valence-electron chi connectivity index (χ4n) is 1.84. The Morgan fingerprint density at radius 1 is 1.29 bits per heavy atom. The molecule has 0 aromatic rings. The number of carbonyl (C=O) groups is 2. The van der Waals surface area contributed by atoms with Crippen molar-refractivity contribution in [3.63, 3.8) is 0 Å². The van der Waals surface area contributed by atoms with Crippen molar-refractivity contribution in [3.8, 4) is 0 Å². The van der Waals surface area contributed by atoms with Gasteiger partial charge in [-0.1, -0.05) is 0 Å². The molecule has 122 valence electrons. The highest BCUT2D eigenvalue weighted by Crippen LogP contribution is 2.19. The minimum atomic E-state index is -5.00. The third-order valence-corrected chi connectivity index (χ3v) is 2.81. The highest BCUT2D eigenvalue weighted by molar-refractivity contribution is 5.82. The van der Waals surface area contributed by atoms with Crippen molar-refractivity contribution in [3.05, 3.63) is 0 Å². The summed E-state index contributed by atoms with van der Waals surface area (Å²) in [5.41, 5.74) is -0.705. The summed E-state index contributed by atoms with van der Waals surface area (Å²) in [6.07, 6.45) is -6.91. The Morgan fingerprint density at radius 3 is 2.29 bits per heavy atom. The van der Waals surface area contributed by atoms with Crippen LogP contribution in [0, 0.1) is 0 Å². The molecule has 0 saturated carbocycles. The number of amides is 2. The van der Waals surface area contributed by atoms with E-state index in [1.807, 2.05) is 0 Å². The molecule has 1 rings (SSSR count). The van der Waals surface area contributed by atoms with Gasteiger partial charge in [0.15, 0.2) is 0 Å². The fraction of sp³-hybridized carbons (Fsp3) is 0.833. The first kappa shape index (κ1) is 17.5. The fourth-order valence-corrected chi connectivity index (χ4v) is 1.84. The van der Waals surface area contributed by atoms with Gasteiger partial charge in [0.25, 0.3) is 0 Å². The molecule has 9 heteroatoms. The third-order valence-electron chi connectivity index (χ3n) is 2.81. The van der Waals surface area contributed by atoms with Crippen LogP contribution in [0.1, 0.15) is 27.2 Å². The first-order valence-electron chi connectivity index (χ1n) is 6.44. The van der Waals surface area contributed by atoms with Gasteiger partial charge in [-0.3, -0.25) is 4.79 Å². The van der Waals surface area contributed by atoms with Crippen LogP contribution < -0.4 is 5.32 Å². The van der Waals surface area contributed by atoms with Crippen molar-refractivity contribution in [1.82, 2.24) is 10.2 Å². The van der Waals surface area contributed by atoms with Crippen molar-refractivity contribution in [2.75, 3.05) is 13.1 Å². The molecule has 1 aliphatic heterocycles. The third kappa shape index (κ3) is 5.41. The molecule has 1 fully saturated rings. The van der Waals surface area contributed by atoms with Crippen molar-refractivity contribution in [2.24, 2.45) is 0 Å². The molecular weight excluding hydrogens is 293 g/mol. The lowest BCUT2D eigenvalue weighted by atomic mass is 10.0. The quantitative estimate of drug-likeness (QED) is 0.758. The lowest BCUT2D eigenvalue weighted by Crippen LogP contribution is -2.57. The molecule has 0 aromatic carbocycles. The second-order valence-electron chi connectivity index (χ2n) is 5.86. The molecule has 1 aliphatic rings. The average Bonchev–Trinajstić information content (AvgIpc) is 2.28. The van der Waals surface area contributed by atoms with Crippen LogP contribution in [0.4, 0.5) is 18.0 Å². The van der Waals surface area contributed by atoms with Crippen LogP contribution in [0.25, 0.3) is 0 Å². The van der Waals surface area contributed by atoms with Crippen LogP contribution in [-0.4, -0.2) is 59.0 Å². The summed E-state index contributed by atoms with van der Waals surface area (Å²) >= 11 is 0. The number of hydrogen-bond donors (Lipinski definition) is 2. The zero-order valence-electron chi connectivity index (χ0n) is 12.0. The van der Waals surface area contributed by atoms with E-state index < -0.39 is 35.9 Å². The number of hydrogen-bond acceptors (Lipinski definition) is 4. The van der Waals surface area contributed by atoms with Crippen LogP contribution in [0.15, 0.2) is 0 Å². The Hall–Kier alpha value is -1.51. The molecule has 21 heavy (non-hydrogen) atoms. The molecule has 6 nitrogen and oxygen atoms in total. The number of piperidine rings is 1. The number of rotatable bonds is 1. The van der Waals surface area contributed by atoms with Gasteiger partial charge >= 0.3 is 18.2 Å². The van der Waals surface area contributed by atoms with E-state index >= 15 is 0 Å². The standard InChI is InChI=1S/C12H19F3N2O4/c1-11(2,3)21-10(20)17-5-4-7(8(18)6-17)16-9(19)12(13,14)15/h7-8,18H,4-6H2,1-3H3,(H,16,19). The molecule has 0 aliphatic carbocycles. The van der Waals surface area contributed by atoms with E-state index in [1.54, 1.807) is 26.1 Å². The number of alkyl halides is 3. The molecule has 1 heterocycles. The minimum absolute atomic E-state index is 0.0161. The number of halogens is 3. The molecule has 0 spiro atoms. The highest BCUT2D eigenvalue weighted by Gasteiger charge is 2.42. The average molecular weight is 312 g/mol. The Kier molecular flexibility index (Phi) is 5.08. The Balaban J connectivity index is 2.55. The molecule has 2 amide bonds. The zero-order chi connectivity index (χ0) is 16.4.